The fourth-order valence-electron chi connectivity index (χ4n) is 1.66. The lowest BCUT2D eigenvalue weighted by Crippen LogP contribution is -2.08. The van der Waals surface area contributed by atoms with Crippen LogP contribution in [0.25, 0.3) is 0 Å². The largest absolute Gasteiger partial charge is 0.444 e. The zero-order valence-corrected chi connectivity index (χ0v) is 10.3. The van der Waals surface area contributed by atoms with Gasteiger partial charge in [0.1, 0.15) is 11.8 Å². The van der Waals surface area contributed by atoms with Gasteiger partial charge >= 0.3 is 0 Å². The van der Waals surface area contributed by atoms with E-state index in [1.165, 1.54) is 0 Å². The molecule has 17 heavy (non-hydrogen) atoms. The Kier molecular flexibility index (Phi) is 3.04. The van der Waals surface area contributed by atoms with Gasteiger partial charge in [-0.2, -0.15) is 0 Å². The van der Waals surface area contributed by atoms with Gasteiger partial charge in [-0.1, -0.05) is 6.07 Å². The van der Waals surface area contributed by atoms with Crippen LogP contribution in [0.3, 0.4) is 0 Å². The Morgan fingerprint density at radius 2 is 2.12 bits per heavy atom. The SMILES string of the molecule is Cc1cnc(C(C)Nc2cc(N)ccc2C)o1. The Labute approximate surface area is 101 Å². The highest BCUT2D eigenvalue weighted by Gasteiger charge is 2.12. The maximum Gasteiger partial charge on any atom is 0.216 e. The number of benzene rings is 1. The number of nitrogens with zero attached hydrogens (tertiary/aromatic N) is 1. The van der Waals surface area contributed by atoms with Crippen molar-refractivity contribution in [3.63, 3.8) is 0 Å². The monoisotopic (exact) mass is 231 g/mol. The molecule has 0 radical (unpaired) electrons. The predicted octanol–water partition coefficient (Wildman–Crippen LogP) is 3.05. The van der Waals surface area contributed by atoms with Crippen molar-refractivity contribution in [1.29, 1.82) is 0 Å². The minimum Gasteiger partial charge on any atom is -0.444 e. The first-order valence-electron chi connectivity index (χ1n) is 5.61. The molecule has 1 aromatic carbocycles. The minimum absolute atomic E-state index is 0.0178. The van der Waals surface area contributed by atoms with Gasteiger partial charge in [-0.15, -0.1) is 0 Å². The zero-order chi connectivity index (χ0) is 12.4. The topological polar surface area (TPSA) is 64.1 Å². The Morgan fingerprint density at radius 3 is 2.76 bits per heavy atom. The fourth-order valence-corrected chi connectivity index (χ4v) is 1.66. The second-order valence-corrected chi connectivity index (χ2v) is 4.25. The van der Waals surface area contributed by atoms with Gasteiger partial charge in [0.15, 0.2) is 0 Å². The molecule has 0 amide bonds. The molecule has 0 aliphatic rings. The molecule has 1 heterocycles. The molecule has 0 saturated carbocycles. The number of hydrogen-bond acceptors (Lipinski definition) is 4. The summed E-state index contributed by atoms with van der Waals surface area (Å²) in [6, 6.07) is 5.82. The Balaban J connectivity index is 2.18. The van der Waals surface area contributed by atoms with Gasteiger partial charge in [0.05, 0.1) is 6.20 Å². The summed E-state index contributed by atoms with van der Waals surface area (Å²) in [6.45, 7) is 5.93. The normalized spacial score (nSPS) is 12.4. The summed E-state index contributed by atoms with van der Waals surface area (Å²) >= 11 is 0. The number of aryl methyl sites for hydroxylation is 2. The van der Waals surface area contributed by atoms with Crippen molar-refractivity contribution in [1.82, 2.24) is 4.98 Å². The quantitative estimate of drug-likeness (QED) is 0.797. The first-order chi connectivity index (χ1) is 8.06. The molecule has 4 heteroatoms. The number of oxazole rings is 1. The number of anilines is 2. The Morgan fingerprint density at radius 1 is 1.35 bits per heavy atom. The average molecular weight is 231 g/mol. The summed E-state index contributed by atoms with van der Waals surface area (Å²) < 4.78 is 5.48. The third kappa shape index (κ3) is 2.58. The predicted molar refractivity (Wildman–Crippen MR) is 68.9 cm³/mol. The van der Waals surface area contributed by atoms with Crippen molar-refractivity contribution in [2.45, 2.75) is 26.8 Å². The van der Waals surface area contributed by atoms with Gasteiger partial charge in [-0.05, 0) is 38.5 Å². The molecular formula is C13H17N3O. The van der Waals surface area contributed by atoms with Crippen molar-refractivity contribution < 1.29 is 4.42 Å². The second-order valence-electron chi connectivity index (χ2n) is 4.25. The molecule has 1 atom stereocenters. The van der Waals surface area contributed by atoms with Crippen LogP contribution in [0.4, 0.5) is 11.4 Å². The van der Waals surface area contributed by atoms with Gasteiger partial charge in [0.25, 0.3) is 0 Å². The molecule has 0 bridgehead atoms. The molecule has 1 aromatic heterocycles. The molecule has 0 aliphatic carbocycles. The van der Waals surface area contributed by atoms with E-state index in [0.717, 1.165) is 22.7 Å². The number of aromatic nitrogens is 1. The zero-order valence-electron chi connectivity index (χ0n) is 10.3. The van der Waals surface area contributed by atoms with Crippen molar-refractivity contribution in [3.8, 4) is 0 Å². The number of nitrogen functional groups attached to an aromatic ring is 1. The van der Waals surface area contributed by atoms with E-state index in [-0.39, 0.29) is 6.04 Å². The molecule has 0 fully saturated rings. The first-order valence-corrected chi connectivity index (χ1v) is 5.61. The van der Waals surface area contributed by atoms with Crippen molar-refractivity contribution >= 4 is 11.4 Å². The fraction of sp³-hybridized carbons (Fsp3) is 0.308. The molecule has 0 spiro atoms. The van der Waals surface area contributed by atoms with Gasteiger partial charge in [0.2, 0.25) is 5.89 Å². The minimum atomic E-state index is 0.0178. The van der Waals surface area contributed by atoms with E-state index in [0.29, 0.717) is 5.89 Å². The third-order valence-corrected chi connectivity index (χ3v) is 2.64. The molecule has 3 N–H and O–H groups in total. The lowest BCUT2D eigenvalue weighted by molar-refractivity contribution is 0.453. The summed E-state index contributed by atoms with van der Waals surface area (Å²) in [7, 11) is 0. The maximum atomic E-state index is 5.77. The highest BCUT2D eigenvalue weighted by Crippen LogP contribution is 2.23. The summed E-state index contributed by atoms with van der Waals surface area (Å²) in [5.74, 6) is 1.50. The molecule has 4 nitrogen and oxygen atoms in total. The van der Waals surface area contributed by atoms with Crippen LogP contribution in [0, 0.1) is 13.8 Å². The molecule has 2 aromatic rings. The van der Waals surface area contributed by atoms with Gasteiger partial charge in [-0.25, -0.2) is 4.98 Å². The van der Waals surface area contributed by atoms with Crippen LogP contribution in [0.2, 0.25) is 0 Å². The molecule has 0 aliphatic heterocycles. The summed E-state index contributed by atoms with van der Waals surface area (Å²) in [5, 5.41) is 3.34. The van der Waals surface area contributed by atoms with Crippen LogP contribution < -0.4 is 11.1 Å². The molecule has 1 unspecified atom stereocenters. The van der Waals surface area contributed by atoms with E-state index in [4.69, 9.17) is 10.2 Å². The lowest BCUT2D eigenvalue weighted by Gasteiger charge is -2.14. The summed E-state index contributed by atoms with van der Waals surface area (Å²) in [4.78, 5) is 4.20. The first kappa shape index (κ1) is 11.5. The van der Waals surface area contributed by atoms with E-state index >= 15 is 0 Å². The number of rotatable bonds is 3. The van der Waals surface area contributed by atoms with E-state index in [2.05, 4.69) is 10.3 Å². The van der Waals surface area contributed by atoms with E-state index in [1.54, 1.807) is 6.20 Å². The smallest absolute Gasteiger partial charge is 0.216 e. The molecule has 0 saturated heterocycles. The average Bonchev–Trinajstić information content (AvgIpc) is 2.70. The molecular weight excluding hydrogens is 214 g/mol. The standard InChI is InChI=1S/C13H17N3O/c1-8-4-5-11(14)6-12(8)16-10(3)13-15-7-9(2)17-13/h4-7,10,16H,14H2,1-3H3. The Hall–Kier alpha value is -1.97. The van der Waals surface area contributed by atoms with E-state index in [1.807, 2.05) is 39.0 Å². The highest BCUT2D eigenvalue weighted by atomic mass is 16.4. The molecule has 90 valence electrons. The number of hydrogen-bond donors (Lipinski definition) is 2. The molecule has 2 rings (SSSR count). The van der Waals surface area contributed by atoms with E-state index in [9.17, 15) is 0 Å². The number of nitrogens with two attached hydrogens (primary N) is 1. The Bertz CT molecular complexity index is 519. The van der Waals surface area contributed by atoms with Crippen LogP contribution in [0.5, 0.6) is 0 Å². The second kappa shape index (κ2) is 4.49. The lowest BCUT2D eigenvalue weighted by atomic mass is 10.1. The van der Waals surface area contributed by atoms with Crippen LogP contribution >= 0.6 is 0 Å². The van der Waals surface area contributed by atoms with Crippen LogP contribution in [-0.2, 0) is 0 Å². The van der Waals surface area contributed by atoms with Crippen molar-refractivity contribution in [2.24, 2.45) is 0 Å². The van der Waals surface area contributed by atoms with Crippen LogP contribution in [-0.4, -0.2) is 4.98 Å². The highest BCUT2D eigenvalue weighted by molar-refractivity contribution is 5.59. The van der Waals surface area contributed by atoms with Gasteiger partial charge < -0.3 is 15.5 Å². The summed E-state index contributed by atoms with van der Waals surface area (Å²) in [5.41, 5.74) is 8.67. The van der Waals surface area contributed by atoms with Gasteiger partial charge in [-0.3, -0.25) is 0 Å². The van der Waals surface area contributed by atoms with Crippen molar-refractivity contribution in [3.05, 3.63) is 41.6 Å². The summed E-state index contributed by atoms with van der Waals surface area (Å²) in [6.07, 6.45) is 1.72. The number of nitrogens with one attached hydrogen (secondary N) is 1. The van der Waals surface area contributed by atoms with E-state index < -0.39 is 0 Å². The van der Waals surface area contributed by atoms with Gasteiger partial charge in [0, 0.05) is 11.4 Å². The van der Waals surface area contributed by atoms with Crippen LogP contribution in [0.1, 0.15) is 30.2 Å². The van der Waals surface area contributed by atoms with Crippen LogP contribution in [0.15, 0.2) is 28.8 Å². The van der Waals surface area contributed by atoms with Crippen molar-refractivity contribution in [2.75, 3.05) is 11.1 Å². The maximum absolute atomic E-state index is 5.77. The third-order valence-electron chi connectivity index (χ3n) is 2.64.